The highest BCUT2D eigenvalue weighted by atomic mass is 35.5. The molecule has 0 aliphatic rings. The quantitative estimate of drug-likeness (QED) is 0.878. The van der Waals surface area contributed by atoms with Crippen LogP contribution in [0.2, 0.25) is 5.02 Å². The van der Waals surface area contributed by atoms with E-state index in [2.05, 4.69) is 15.3 Å². The summed E-state index contributed by atoms with van der Waals surface area (Å²) in [6, 6.07) is 5.25. The normalized spacial score (nSPS) is 10.2. The summed E-state index contributed by atoms with van der Waals surface area (Å²) in [5.41, 5.74) is 1.23. The van der Waals surface area contributed by atoms with Crippen LogP contribution in [0.3, 0.4) is 0 Å². The fourth-order valence-electron chi connectivity index (χ4n) is 1.56. The van der Waals surface area contributed by atoms with Gasteiger partial charge in [0.25, 0.3) is 0 Å². The number of aromatic nitrogens is 2. The first-order chi connectivity index (χ1) is 9.16. The summed E-state index contributed by atoms with van der Waals surface area (Å²) in [5.74, 6) is -0.557. The van der Waals surface area contributed by atoms with E-state index < -0.39 is 5.97 Å². The number of hydrogen-bond donors (Lipinski definition) is 2. The van der Waals surface area contributed by atoms with Gasteiger partial charge in [-0.1, -0.05) is 11.6 Å². The van der Waals surface area contributed by atoms with Crippen LogP contribution >= 0.6 is 11.6 Å². The summed E-state index contributed by atoms with van der Waals surface area (Å²) < 4.78 is 0. The van der Waals surface area contributed by atoms with Gasteiger partial charge in [0.15, 0.2) is 0 Å². The highest BCUT2D eigenvalue weighted by molar-refractivity contribution is 6.33. The molecule has 2 N–H and O–H groups in total. The van der Waals surface area contributed by atoms with Crippen molar-refractivity contribution < 1.29 is 9.90 Å². The molecule has 0 aromatic carbocycles. The zero-order chi connectivity index (χ0) is 13.7. The van der Waals surface area contributed by atoms with E-state index in [1.807, 2.05) is 12.1 Å². The molecule has 0 amide bonds. The first-order valence-electron chi connectivity index (χ1n) is 5.68. The van der Waals surface area contributed by atoms with Crippen LogP contribution < -0.4 is 5.32 Å². The van der Waals surface area contributed by atoms with Crippen LogP contribution in [0.1, 0.15) is 15.9 Å². The number of carboxylic acids is 1. The van der Waals surface area contributed by atoms with Crippen molar-refractivity contribution in [2.45, 2.75) is 6.42 Å². The van der Waals surface area contributed by atoms with E-state index in [1.165, 1.54) is 12.3 Å². The molecule has 0 aliphatic heterocycles. The van der Waals surface area contributed by atoms with Crippen molar-refractivity contribution in [2.24, 2.45) is 0 Å². The highest BCUT2D eigenvalue weighted by Gasteiger charge is 2.07. The minimum atomic E-state index is -1.04. The summed E-state index contributed by atoms with van der Waals surface area (Å²) in [6.45, 7) is 0.656. The Bertz CT molecular complexity index is 575. The van der Waals surface area contributed by atoms with Gasteiger partial charge in [0.05, 0.1) is 10.6 Å². The van der Waals surface area contributed by atoms with E-state index in [9.17, 15) is 4.79 Å². The smallest absolute Gasteiger partial charge is 0.337 e. The molecular weight excluding hydrogens is 266 g/mol. The molecule has 19 heavy (non-hydrogen) atoms. The Balaban J connectivity index is 1.95. The average molecular weight is 278 g/mol. The number of aromatic carboxylic acids is 1. The molecule has 0 saturated heterocycles. The molecule has 0 radical (unpaired) electrons. The van der Waals surface area contributed by atoms with Gasteiger partial charge in [-0.3, -0.25) is 4.98 Å². The summed E-state index contributed by atoms with van der Waals surface area (Å²) in [5, 5.41) is 12.2. The predicted octanol–water partition coefficient (Wildman–Crippen LogP) is 2.48. The Labute approximate surface area is 115 Å². The Hall–Kier alpha value is -2.14. The lowest BCUT2D eigenvalue weighted by Crippen LogP contribution is -2.08. The third-order valence-electron chi connectivity index (χ3n) is 2.54. The van der Waals surface area contributed by atoms with Crippen LogP contribution in [0.5, 0.6) is 0 Å². The summed E-state index contributed by atoms with van der Waals surface area (Å²) >= 11 is 5.96. The van der Waals surface area contributed by atoms with Crippen LogP contribution in [0, 0.1) is 0 Å². The monoisotopic (exact) mass is 277 g/mol. The minimum absolute atomic E-state index is 0.0738. The standard InChI is InChI=1S/C13H12ClN3O2/c14-11-7-10(13(18)19)8-17-12(11)16-6-3-9-1-4-15-5-2-9/h1-2,4-5,7-8H,3,6H2,(H,16,17)(H,18,19). The van der Waals surface area contributed by atoms with Crippen LogP contribution in [-0.4, -0.2) is 27.6 Å². The zero-order valence-electron chi connectivity index (χ0n) is 10.0. The highest BCUT2D eigenvalue weighted by Crippen LogP contribution is 2.20. The minimum Gasteiger partial charge on any atom is -0.478 e. The molecule has 5 nitrogen and oxygen atoms in total. The fourth-order valence-corrected chi connectivity index (χ4v) is 1.79. The summed E-state index contributed by atoms with van der Waals surface area (Å²) in [4.78, 5) is 18.7. The van der Waals surface area contributed by atoms with Crippen molar-refractivity contribution in [1.82, 2.24) is 9.97 Å². The molecule has 98 valence electrons. The Morgan fingerprint density at radius 3 is 2.74 bits per heavy atom. The zero-order valence-corrected chi connectivity index (χ0v) is 10.8. The molecule has 2 aromatic rings. The first-order valence-corrected chi connectivity index (χ1v) is 6.06. The molecule has 0 aliphatic carbocycles. The second kappa shape index (κ2) is 6.15. The molecule has 0 spiro atoms. The van der Waals surface area contributed by atoms with Crippen molar-refractivity contribution in [2.75, 3.05) is 11.9 Å². The molecule has 0 unspecified atom stereocenters. The van der Waals surface area contributed by atoms with Gasteiger partial charge < -0.3 is 10.4 Å². The second-order valence-electron chi connectivity index (χ2n) is 3.89. The van der Waals surface area contributed by atoms with Gasteiger partial charge in [-0.15, -0.1) is 0 Å². The van der Waals surface area contributed by atoms with Gasteiger partial charge >= 0.3 is 5.97 Å². The predicted molar refractivity (Wildman–Crippen MR) is 72.6 cm³/mol. The van der Waals surface area contributed by atoms with Crippen molar-refractivity contribution in [1.29, 1.82) is 0 Å². The van der Waals surface area contributed by atoms with Crippen molar-refractivity contribution in [3.8, 4) is 0 Å². The number of halogens is 1. The van der Waals surface area contributed by atoms with Gasteiger partial charge in [-0.2, -0.15) is 0 Å². The number of anilines is 1. The molecule has 6 heteroatoms. The van der Waals surface area contributed by atoms with Crippen LogP contribution in [0.4, 0.5) is 5.82 Å². The average Bonchev–Trinajstić information content (AvgIpc) is 2.41. The SMILES string of the molecule is O=C(O)c1cnc(NCCc2ccncc2)c(Cl)c1. The number of rotatable bonds is 5. The van der Waals surface area contributed by atoms with E-state index in [0.717, 1.165) is 12.0 Å². The van der Waals surface area contributed by atoms with Crippen LogP contribution in [-0.2, 0) is 6.42 Å². The maximum Gasteiger partial charge on any atom is 0.337 e. The first kappa shape index (κ1) is 13.3. The maximum atomic E-state index is 10.7. The van der Waals surface area contributed by atoms with Crippen LogP contribution in [0.25, 0.3) is 0 Å². The molecule has 2 aromatic heterocycles. The largest absolute Gasteiger partial charge is 0.478 e. The van der Waals surface area contributed by atoms with Gasteiger partial charge in [0.1, 0.15) is 5.82 Å². The third kappa shape index (κ3) is 3.66. The summed E-state index contributed by atoms with van der Waals surface area (Å²) in [6.07, 6.45) is 5.56. The molecule has 2 heterocycles. The van der Waals surface area contributed by atoms with Gasteiger partial charge in [0, 0.05) is 25.1 Å². The second-order valence-corrected chi connectivity index (χ2v) is 4.30. The van der Waals surface area contributed by atoms with Gasteiger partial charge in [-0.25, -0.2) is 9.78 Å². The van der Waals surface area contributed by atoms with E-state index >= 15 is 0 Å². The summed E-state index contributed by atoms with van der Waals surface area (Å²) in [7, 11) is 0. The number of hydrogen-bond acceptors (Lipinski definition) is 4. The molecular formula is C13H12ClN3O2. The van der Waals surface area contributed by atoms with E-state index in [1.54, 1.807) is 12.4 Å². The number of pyridine rings is 2. The Kier molecular flexibility index (Phi) is 4.30. The van der Waals surface area contributed by atoms with E-state index in [-0.39, 0.29) is 5.56 Å². The third-order valence-corrected chi connectivity index (χ3v) is 2.83. The molecule has 0 atom stereocenters. The van der Waals surface area contributed by atoms with Crippen molar-refractivity contribution in [3.63, 3.8) is 0 Å². The number of nitrogens with one attached hydrogen (secondary N) is 1. The molecule has 0 bridgehead atoms. The fraction of sp³-hybridized carbons (Fsp3) is 0.154. The number of carboxylic acid groups (broad SMARTS) is 1. The molecule has 0 saturated carbocycles. The van der Waals surface area contributed by atoms with E-state index in [0.29, 0.717) is 17.4 Å². The Morgan fingerprint density at radius 2 is 2.11 bits per heavy atom. The lowest BCUT2D eigenvalue weighted by Gasteiger charge is -2.07. The lowest BCUT2D eigenvalue weighted by atomic mass is 10.2. The van der Waals surface area contributed by atoms with Gasteiger partial charge in [0.2, 0.25) is 0 Å². The number of nitrogens with zero attached hydrogens (tertiary/aromatic N) is 2. The van der Waals surface area contributed by atoms with Gasteiger partial charge in [-0.05, 0) is 30.2 Å². The maximum absolute atomic E-state index is 10.7. The van der Waals surface area contributed by atoms with E-state index in [4.69, 9.17) is 16.7 Å². The topological polar surface area (TPSA) is 75.1 Å². The lowest BCUT2D eigenvalue weighted by molar-refractivity contribution is 0.0696. The molecule has 0 fully saturated rings. The Morgan fingerprint density at radius 1 is 1.37 bits per heavy atom. The van der Waals surface area contributed by atoms with Crippen LogP contribution in [0.15, 0.2) is 36.8 Å². The van der Waals surface area contributed by atoms with Crippen molar-refractivity contribution in [3.05, 3.63) is 52.9 Å². The number of carbonyl (C=O) groups is 1. The van der Waals surface area contributed by atoms with Crippen molar-refractivity contribution >= 4 is 23.4 Å². The molecule has 2 rings (SSSR count).